The molecule has 0 aliphatic carbocycles. The molecule has 3 N–H and O–H groups in total. The average Bonchev–Trinajstić information content (AvgIpc) is 2.72. The van der Waals surface area contributed by atoms with Gasteiger partial charge < -0.3 is 30.3 Å². The van der Waals surface area contributed by atoms with Gasteiger partial charge in [-0.3, -0.25) is 14.4 Å². The predicted octanol–water partition coefficient (Wildman–Crippen LogP) is -0.857. The van der Waals surface area contributed by atoms with Crippen LogP contribution in [0.5, 0.6) is 0 Å². The lowest BCUT2D eigenvalue weighted by Gasteiger charge is -2.36. The molecule has 10 heteroatoms. The van der Waals surface area contributed by atoms with Crippen molar-refractivity contribution in [2.24, 2.45) is 0 Å². The predicted molar refractivity (Wildman–Crippen MR) is 100 cm³/mol. The van der Waals surface area contributed by atoms with Gasteiger partial charge in [0.15, 0.2) is 6.04 Å². The molecule has 2 aliphatic heterocycles. The Morgan fingerprint density at radius 1 is 1.24 bits per heavy atom. The highest BCUT2D eigenvalue weighted by Crippen LogP contribution is 2.11. The van der Waals surface area contributed by atoms with Crippen LogP contribution in [-0.4, -0.2) is 73.3 Å². The summed E-state index contributed by atoms with van der Waals surface area (Å²) in [6, 6.07) is 6.95. The van der Waals surface area contributed by atoms with E-state index in [1.807, 2.05) is 30.3 Å². The lowest BCUT2D eigenvalue weighted by atomic mass is 10.0. The molecule has 3 atom stereocenters. The Balaban J connectivity index is 1.67. The third kappa shape index (κ3) is 5.44. The largest absolute Gasteiger partial charge is 0.439 e. The Bertz CT molecular complexity index is 765. The number of β-lactam (4-membered cyclic amide) rings is 1. The first kappa shape index (κ1) is 20.6. The van der Waals surface area contributed by atoms with Crippen LogP contribution in [0.1, 0.15) is 12.5 Å². The van der Waals surface area contributed by atoms with E-state index < -0.39 is 36.1 Å². The Morgan fingerprint density at radius 2 is 1.93 bits per heavy atom. The molecule has 0 radical (unpaired) electrons. The number of benzene rings is 1. The molecular formula is C19H24N4O6. The molecule has 0 aromatic heterocycles. The molecule has 0 spiro atoms. The summed E-state index contributed by atoms with van der Waals surface area (Å²) in [4.78, 5) is 49.9. The lowest BCUT2D eigenvalue weighted by molar-refractivity contribution is -0.164. The number of hydrogen-bond donors (Lipinski definition) is 3. The van der Waals surface area contributed by atoms with Crippen molar-refractivity contribution in [3.05, 3.63) is 35.9 Å². The van der Waals surface area contributed by atoms with Gasteiger partial charge in [0, 0.05) is 26.4 Å². The monoisotopic (exact) mass is 404 g/mol. The highest BCUT2D eigenvalue weighted by atomic mass is 16.6. The number of ether oxygens (including phenoxy) is 2. The fourth-order valence-corrected chi connectivity index (χ4v) is 3.09. The van der Waals surface area contributed by atoms with Gasteiger partial charge in [0.05, 0.1) is 13.2 Å². The van der Waals surface area contributed by atoms with Crippen LogP contribution in [-0.2, 0) is 30.3 Å². The quantitative estimate of drug-likeness (QED) is 0.419. The first-order chi connectivity index (χ1) is 13.9. The van der Waals surface area contributed by atoms with Crippen molar-refractivity contribution in [3.63, 3.8) is 0 Å². The summed E-state index contributed by atoms with van der Waals surface area (Å²) in [7, 11) is 0. The molecule has 156 valence electrons. The molecule has 2 heterocycles. The normalized spacial score (nSPS) is 22.0. The zero-order valence-electron chi connectivity index (χ0n) is 16.1. The van der Waals surface area contributed by atoms with E-state index in [1.54, 1.807) is 4.90 Å². The Morgan fingerprint density at radius 3 is 2.55 bits per heavy atom. The smallest absolute Gasteiger partial charge is 0.318 e. The number of esters is 1. The summed E-state index contributed by atoms with van der Waals surface area (Å²) in [6.45, 7) is 2.96. The molecule has 29 heavy (non-hydrogen) atoms. The maximum atomic E-state index is 12.9. The second-order valence-electron chi connectivity index (χ2n) is 6.82. The molecule has 2 saturated heterocycles. The second-order valence-corrected chi connectivity index (χ2v) is 6.82. The van der Waals surface area contributed by atoms with Crippen molar-refractivity contribution >= 4 is 23.8 Å². The zero-order valence-corrected chi connectivity index (χ0v) is 16.1. The Kier molecular flexibility index (Phi) is 6.65. The standard InChI is InChI=1S/C19H24N4O6/c1-12(24)29-18-15(17(26)22-18)21-16(25)14(11-13-5-3-2-4-6-13)20-19(27)23-7-9-28-10-8-23/h2-6,14-15,18H,7-11H2,1H3,(H,20,27)(H,21,25)(H,22,26)/t14-,15+,18-/m0/s1. The number of hydrogen-bond acceptors (Lipinski definition) is 6. The van der Waals surface area contributed by atoms with Crippen LogP contribution in [0.2, 0.25) is 0 Å². The van der Waals surface area contributed by atoms with Crippen molar-refractivity contribution in [2.75, 3.05) is 26.3 Å². The van der Waals surface area contributed by atoms with Crippen molar-refractivity contribution < 1.29 is 28.7 Å². The number of nitrogens with zero attached hydrogens (tertiary/aromatic N) is 1. The number of nitrogens with one attached hydrogen (secondary N) is 3. The van der Waals surface area contributed by atoms with Gasteiger partial charge in [-0.05, 0) is 5.56 Å². The highest BCUT2D eigenvalue weighted by molar-refractivity contribution is 5.95. The van der Waals surface area contributed by atoms with Crippen LogP contribution in [0, 0.1) is 0 Å². The van der Waals surface area contributed by atoms with Gasteiger partial charge in [0.25, 0.3) is 5.91 Å². The third-order valence-corrected chi connectivity index (χ3v) is 4.66. The molecule has 10 nitrogen and oxygen atoms in total. The molecule has 1 aromatic rings. The van der Waals surface area contributed by atoms with Gasteiger partial charge in [-0.1, -0.05) is 30.3 Å². The maximum absolute atomic E-state index is 12.9. The fourth-order valence-electron chi connectivity index (χ4n) is 3.09. The van der Waals surface area contributed by atoms with E-state index in [4.69, 9.17) is 9.47 Å². The van der Waals surface area contributed by atoms with E-state index in [0.29, 0.717) is 26.3 Å². The molecule has 0 unspecified atom stereocenters. The maximum Gasteiger partial charge on any atom is 0.318 e. The van der Waals surface area contributed by atoms with E-state index in [2.05, 4.69) is 16.0 Å². The summed E-state index contributed by atoms with van der Waals surface area (Å²) in [5, 5.41) is 7.71. The number of rotatable bonds is 6. The van der Waals surface area contributed by atoms with Crippen LogP contribution < -0.4 is 16.0 Å². The number of carbonyl (C=O) groups is 4. The van der Waals surface area contributed by atoms with Gasteiger partial charge in [-0.15, -0.1) is 0 Å². The zero-order chi connectivity index (χ0) is 20.8. The van der Waals surface area contributed by atoms with Gasteiger partial charge in [0.1, 0.15) is 6.04 Å². The Labute approximate surface area is 167 Å². The van der Waals surface area contributed by atoms with Crippen molar-refractivity contribution in [3.8, 4) is 0 Å². The number of amides is 4. The topological polar surface area (TPSA) is 126 Å². The highest BCUT2D eigenvalue weighted by Gasteiger charge is 2.44. The minimum Gasteiger partial charge on any atom is -0.439 e. The molecule has 0 bridgehead atoms. The van der Waals surface area contributed by atoms with Gasteiger partial charge in [0.2, 0.25) is 12.1 Å². The van der Waals surface area contributed by atoms with Gasteiger partial charge in [-0.2, -0.15) is 0 Å². The van der Waals surface area contributed by atoms with Crippen LogP contribution in [0.4, 0.5) is 4.79 Å². The van der Waals surface area contributed by atoms with Crippen LogP contribution in [0.3, 0.4) is 0 Å². The van der Waals surface area contributed by atoms with Crippen LogP contribution in [0.15, 0.2) is 30.3 Å². The van der Waals surface area contributed by atoms with E-state index in [9.17, 15) is 19.2 Å². The summed E-state index contributed by atoms with van der Waals surface area (Å²) in [5.74, 6) is -1.56. The van der Waals surface area contributed by atoms with Crippen LogP contribution >= 0.6 is 0 Å². The second kappa shape index (κ2) is 9.37. The lowest BCUT2D eigenvalue weighted by Crippen LogP contribution is -2.71. The molecule has 1 aromatic carbocycles. The van der Waals surface area contributed by atoms with Gasteiger partial charge in [-0.25, -0.2) is 4.79 Å². The first-order valence-corrected chi connectivity index (χ1v) is 9.39. The average molecular weight is 404 g/mol. The van der Waals surface area contributed by atoms with Crippen molar-refractivity contribution in [1.82, 2.24) is 20.9 Å². The minimum atomic E-state index is -0.995. The van der Waals surface area contributed by atoms with Gasteiger partial charge >= 0.3 is 12.0 Å². The fraction of sp³-hybridized carbons (Fsp3) is 0.474. The first-order valence-electron chi connectivity index (χ1n) is 9.39. The SMILES string of the molecule is CC(=O)O[C@@H]1NC(=O)[C@H]1NC(=O)[C@H](Cc1ccccc1)NC(=O)N1CCOCC1. The molecule has 2 fully saturated rings. The van der Waals surface area contributed by atoms with Crippen LogP contribution in [0.25, 0.3) is 0 Å². The number of urea groups is 1. The minimum absolute atomic E-state index is 0.245. The number of morpholine rings is 1. The summed E-state index contributed by atoms with van der Waals surface area (Å²) in [6.07, 6.45) is -0.675. The summed E-state index contributed by atoms with van der Waals surface area (Å²) in [5.41, 5.74) is 0.851. The summed E-state index contributed by atoms with van der Waals surface area (Å²) >= 11 is 0. The molecule has 2 aliphatic rings. The third-order valence-electron chi connectivity index (χ3n) is 4.66. The molecule has 3 rings (SSSR count). The van der Waals surface area contributed by atoms with E-state index in [1.165, 1.54) is 6.92 Å². The van der Waals surface area contributed by atoms with Crippen molar-refractivity contribution in [1.29, 1.82) is 0 Å². The van der Waals surface area contributed by atoms with E-state index in [-0.39, 0.29) is 12.5 Å². The van der Waals surface area contributed by atoms with E-state index in [0.717, 1.165) is 5.56 Å². The summed E-state index contributed by atoms with van der Waals surface area (Å²) < 4.78 is 10.2. The Hall–Kier alpha value is -3.14. The van der Waals surface area contributed by atoms with Crippen molar-refractivity contribution in [2.45, 2.75) is 31.7 Å². The molecule has 4 amide bonds. The molecular weight excluding hydrogens is 380 g/mol. The molecule has 0 saturated carbocycles. The van der Waals surface area contributed by atoms with E-state index >= 15 is 0 Å². The number of carbonyl (C=O) groups excluding carboxylic acids is 4.